The Labute approximate surface area is 315 Å². The quantitative estimate of drug-likeness (QED) is 0.151. The van der Waals surface area contributed by atoms with E-state index in [4.69, 9.17) is 9.97 Å². The summed E-state index contributed by atoms with van der Waals surface area (Å²) in [5.74, 6) is 0. The Morgan fingerprint density at radius 2 is 0.574 bits per heavy atom. The van der Waals surface area contributed by atoms with Crippen LogP contribution in [0.15, 0.2) is 218 Å². The molecule has 0 N–H and O–H groups in total. The molecule has 0 spiro atoms. The molecule has 8 aromatic carbocycles. The molecular formula is C50H36N4. The number of para-hydroxylation sites is 4. The van der Waals surface area contributed by atoms with Crippen molar-refractivity contribution in [2.45, 2.75) is 0 Å². The Bertz CT molecular complexity index is 2630. The van der Waals surface area contributed by atoms with E-state index in [1.807, 2.05) is 42.5 Å². The van der Waals surface area contributed by atoms with Crippen LogP contribution >= 0.6 is 0 Å². The lowest BCUT2D eigenvalue weighted by atomic mass is 10.0. The van der Waals surface area contributed by atoms with Gasteiger partial charge in [0.05, 0.1) is 22.4 Å². The SMILES string of the molecule is c1ccc(-c2cccc(N(c3ccccc3)c3ccc(N(c4ccccc4)c4ccc(-c5nc6ccccc6nc5-c5ccccc5)cc4)cc3)c2)cc1. The highest BCUT2D eigenvalue weighted by molar-refractivity contribution is 5.88. The molecule has 0 aliphatic heterocycles. The fourth-order valence-electron chi connectivity index (χ4n) is 7.02. The molecule has 1 aromatic heterocycles. The molecule has 4 heteroatoms. The van der Waals surface area contributed by atoms with Crippen molar-refractivity contribution >= 4 is 45.2 Å². The van der Waals surface area contributed by atoms with Gasteiger partial charge < -0.3 is 9.80 Å². The van der Waals surface area contributed by atoms with Crippen molar-refractivity contribution < 1.29 is 0 Å². The number of aromatic nitrogens is 2. The van der Waals surface area contributed by atoms with E-state index in [-0.39, 0.29) is 0 Å². The Morgan fingerprint density at radius 3 is 1.07 bits per heavy atom. The van der Waals surface area contributed by atoms with Crippen molar-refractivity contribution in [3.05, 3.63) is 218 Å². The average Bonchev–Trinajstić information content (AvgIpc) is 3.26. The molecule has 1 heterocycles. The van der Waals surface area contributed by atoms with Gasteiger partial charge in [0.25, 0.3) is 0 Å². The molecule has 0 fully saturated rings. The molecule has 0 saturated carbocycles. The molecule has 0 aliphatic rings. The van der Waals surface area contributed by atoms with Crippen LogP contribution in [0.2, 0.25) is 0 Å². The first-order chi connectivity index (χ1) is 26.8. The summed E-state index contributed by atoms with van der Waals surface area (Å²) in [6.45, 7) is 0. The van der Waals surface area contributed by atoms with Crippen LogP contribution in [-0.4, -0.2) is 9.97 Å². The van der Waals surface area contributed by atoms with Gasteiger partial charge in [-0.2, -0.15) is 0 Å². The maximum absolute atomic E-state index is 5.13. The third kappa shape index (κ3) is 6.60. The summed E-state index contributed by atoms with van der Waals surface area (Å²) >= 11 is 0. The second kappa shape index (κ2) is 14.7. The van der Waals surface area contributed by atoms with Crippen molar-refractivity contribution in [3.8, 4) is 33.6 Å². The van der Waals surface area contributed by atoms with Crippen LogP contribution in [0.5, 0.6) is 0 Å². The first-order valence-corrected chi connectivity index (χ1v) is 18.2. The summed E-state index contributed by atoms with van der Waals surface area (Å²) in [6.07, 6.45) is 0. The van der Waals surface area contributed by atoms with E-state index in [0.717, 1.165) is 67.7 Å². The fourth-order valence-corrected chi connectivity index (χ4v) is 7.02. The summed E-state index contributed by atoms with van der Waals surface area (Å²) in [5, 5.41) is 0. The number of nitrogens with zero attached hydrogens (tertiary/aromatic N) is 4. The van der Waals surface area contributed by atoms with Crippen molar-refractivity contribution in [1.82, 2.24) is 9.97 Å². The monoisotopic (exact) mass is 692 g/mol. The molecule has 0 saturated heterocycles. The van der Waals surface area contributed by atoms with Crippen molar-refractivity contribution in [2.75, 3.05) is 9.80 Å². The standard InChI is InChI=1S/C50H36N4/c1-5-16-37(17-6-1)40-20-15-25-46(36-40)54(42-23-11-4-12-24-42)45-34-32-44(33-35-45)53(41-21-9-3-10-22-41)43-30-28-39(29-31-43)50-49(38-18-7-2-8-19-38)51-47-26-13-14-27-48(47)52-50/h1-36H. The van der Waals surface area contributed by atoms with E-state index in [9.17, 15) is 0 Å². The van der Waals surface area contributed by atoms with Gasteiger partial charge in [0.2, 0.25) is 0 Å². The summed E-state index contributed by atoms with van der Waals surface area (Å²) in [5.41, 5.74) is 14.3. The van der Waals surface area contributed by atoms with Crippen molar-refractivity contribution in [3.63, 3.8) is 0 Å². The number of fused-ring (bicyclic) bond motifs is 1. The molecule has 0 radical (unpaired) electrons. The molecular weight excluding hydrogens is 657 g/mol. The predicted octanol–water partition coefficient (Wildman–Crippen LogP) is 13.6. The maximum Gasteiger partial charge on any atom is 0.0973 e. The molecule has 9 aromatic rings. The third-order valence-electron chi connectivity index (χ3n) is 9.62. The highest BCUT2D eigenvalue weighted by Crippen LogP contribution is 2.41. The zero-order chi connectivity index (χ0) is 36.1. The largest absolute Gasteiger partial charge is 0.311 e. The number of hydrogen-bond donors (Lipinski definition) is 0. The summed E-state index contributed by atoms with van der Waals surface area (Å²) < 4.78 is 0. The van der Waals surface area contributed by atoms with Crippen molar-refractivity contribution in [1.29, 1.82) is 0 Å². The molecule has 0 amide bonds. The van der Waals surface area contributed by atoms with E-state index in [1.54, 1.807) is 0 Å². The normalized spacial score (nSPS) is 11.0. The third-order valence-corrected chi connectivity index (χ3v) is 9.62. The van der Waals surface area contributed by atoms with Gasteiger partial charge in [0.15, 0.2) is 0 Å². The van der Waals surface area contributed by atoms with E-state index >= 15 is 0 Å². The number of anilines is 6. The first kappa shape index (κ1) is 32.6. The second-order valence-electron chi connectivity index (χ2n) is 13.1. The van der Waals surface area contributed by atoms with Crippen LogP contribution in [0.3, 0.4) is 0 Å². The topological polar surface area (TPSA) is 32.3 Å². The smallest absolute Gasteiger partial charge is 0.0973 e. The van der Waals surface area contributed by atoms with Crippen LogP contribution in [0.4, 0.5) is 34.1 Å². The minimum Gasteiger partial charge on any atom is -0.311 e. The van der Waals surface area contributed by atoms with Gasteiger partial charge in [-0.25, -0.2) is 9.97 Å². The second-order valence-corrected chi connectivity index (χ2v) is 13.1. The minimum absolute atomic E-state index is 0.861. The van der Waals surface area contributed by atoms with E-state index < -0.39 is 0 Å². The Kier molecular flexibility index (Phi) is 8.90. The summed E-state index contributed by atoms with van der Waals surface area (Å²) in [4.78, 5) is 14.8. The van der Waals surface area contributed by atoms with E-state index in [2.05, 4.69) is 186 Å². The fraction of sp³-hybridized carbons (Fsp3) is 0. The van der Waals surface area contributed by atoms with Crippen LogP contribution < -0.4 is 9.80 Å². The van der Waals surface area contributed by atoms with Gasteiger partial charge in [-0.3, -0.25) is 0 Å². The number of hydrogen-bond acceptors (Lipinski definition) is 4. The zero-order valence-corrected chi connectivity index (χ0v) is 29.6. The predicted molar refractivity (Wildman–Crippen MR) is 225 cm³/mol. The van der Waals surface area contributed by atoms with Crippen LogP contribution in [0.25, 0.3) is 44.7 Å². The summed E-state index contributed by atoms with van der Waals surface area (Å²) in [7, 11) is 0. The van der Waals surface area contributed by atoms with Gasteiger partial charge in [-0.05, 0) is 96.1 Å². The van der Waals surface area contributed by atoms with Gasteiger partial charge in [0.1, 0.15) is 0 Å². The molecule has 4 nitrogen and oxygen atoms in total. The Balaban J connectivity index is 1.10. The summed E-state index contributed by atoms with van der Waals surface area (Å²) in [6, 6.07) is 76.2. The molecule has 0 atom stereocenters. The number of benzene rings is 8. The van der Waals surface area contributed by atoms with Gasteiger partial charge >= 0.3 is 0 Å². The molecule has 0 unspecified atom stereocenters. The molecule has 9 rings (SSSR count). The molecule has 0 bridgehead atoms. The van der Waals surface area contributed by atoms with E-state index in [1.165, 1.54) is 11.1 Å². The van der Waals surface area contributed by atoms with Crippen LogP contribution in [0.1, 0.15) is 0 Å². The Hall–Kier alpha value is -7.30. The highest BCUT2D eigenvalue weighted by atomic mass is 15.2. The Morgan fingerprint density at radius 1 is 0.241 bits per heavy atom. The van der Waals surface area contributed by atoms with Gasteiger partial charge in [-0.15, -0.1) is 0 Å². The number of rotatable bonds is 9. The average molecular weight is 693 g/mol. The van der Waals surface area contributed by atoms with Gasteiger partial charge in [-0.1, -0.05) is 133 Å². The van der Waals surface area contributed by atoms with E-state index in [0.29, 0.717) is 0 Å². The lowest BCUT2D eigenvalue weighted by Gasteiger charge is -2.28. The lowest BCUT2D eigenvalue weighted by molar-refractivity contribution is 1.25. The van der Waals surface area contributed by atoms with Crippen LogP contribution in [-0.2, 0) is 0 Å². The first-order valence-electron chi connectivity index (χ1n) is 18.2. The van der Waals surface area contributed by atoms with Gasteiger partial charge in [0, 0.05) is 45.3 Å². The molecule has 54 heavy (non-hydrogen) atoms. The zero-order valence-electron chi connectivity index (χ0n) is 29.6. The molecule has 256 valence electrons. The highest BCUT2D eigenvalue weighted by Gasteiger charge is 2.18. The van der Waals surface area contributed by atoms with Crippen molar-refractivity contribution in [2.24, 2.45) is 0 Å². The maximum atomic E-state index is 5.13. The minimum atomic E-state index is 0.861. The van der Waals surface area contributed by atoms with Crippen LogP contribution in [0, 0.1) is 0 Å². The lowest BCUT2D eigenvalue weighted by Crippen LogP contribution is -2.12. The molecule has 0 aliphatic carbocycles.